The molecule has 0 heterocycles. The van der Waals surface area contributed by atoms with Crippen molar-refractivity contribution >= 4 is 0 Å². The molecule has 0 spiro atoms. The number of nitrogens with zero attached hydrogens (tertiary/aromatic N) is 2. The van der Waals surface area contributed by atoms with Crippen molar-refractivity contribution in [1.29, 1.82) is 0 Å². The zero-order chi connectivity index (χ0) is 6.73. The van der Waals surface area contributed by atoms with Crippen molar-refractivity contribution in [2.75, 3.05) is 14.1 Å². The van der Waals surface area contributed by atoms with E-state index in [4.69, 9.17) is 0 Å². The molecule has 0 aromatic rings. The summed E-state index contributed by atoms with van der Waals surface area (Å²) >= 11 is 0. The van der Waals surface area contributed by atoms with Crippen LogP contribution in [0.3, 0.4) is 0 Å². The summed E-state index contributed by atoms with van der Waals surface area (Å²) in [6.07, 6.45) is -0.574. The van der Waals surface area contributed by atoms with Gasteiger partial charge in [-0.15, -0.1) is 0 Å². The van der Waals surface area contributed by atoms with Gasteiger partial charge in [-0.05, 0) is 21.0 Å². The Hall–Kier alpha value is -0.160. The molecule has 0 aliphatic carbocycles. The Morgan fingerprint density at radius 2 is 1.38 bits per heavy atom. The first-order valence-electron chi connectivity index (χ1n) is 2.35. The maximum absolute atomic E-state index is 10.3. The van der Waals surface area contributed by atoms with Crippen LogP contribution >= 0.6 is 0 Å². The van der Waals surface area contributed by atoms with Crippen LogP contribution in [0, 0.1) is 10.4 Å². The van der Waals surface area contributed by atoms with E-state index in [9.17, 15) is 10.4 Å². The third-order valence-corrected chi connectivity index (χ3v) is 1.05. The van der Waals surface area contributed by atoms with Crippen molar-refractivity contribution in [3.8, 4) is 0 Å². The summed E-state index contributed by atoms with van der Waals surface area (Å²) in [5.74, 6) is 0. The van der Waals surface area contributed by atoms with Crippen LogP contribution in [-0.2, 0) is 0 Å². The highest BCUT2D eigenvalue weighted by atomic mass is 16.5. The lowest BCUT2D eigenvalue weighted by Crippen LogP contribution is -2.35. The van der Waals surface area contributed by atoms with Gasteiger partial charge in [-0.2, -0.15) is 0 Å². The Labute approximate surface area is 48.9 Å². The molecule has 0 saturated carbocycles. The average molecular weight is 118 g/mol. The third-order valence-electron chi connectivity index (χ3n) is 1.05. The topological polar surface area (TPSA) is 52.6 Å². The van der Waals surface area contributed by atoms with Gasteiger partial charge in [0.1, 0.15) is 0 Å². The van der Waals surface area contributed by atoms with Crippen LogP contribution in [0.2, 0.25) is 0 Å². The summed E-state index contributed by atoms with van der Waals surface area (Å²) in [6.45, 7) is 1.54. The van der Waals surface area contributed by atoms with Crippen molar-refractivity contribution in [3.63, 3.8) is 0 Å². The van der Waals surface area contributed by atoms with Gasteiger partial charge in [-0.1, -0.05) is 0 Å². The normalized spacial score (nSPS) is 12.0. The van der Waals surface area contributed by atoms with Gasteiger partial charge in [0, 0.05) is 6.17 Å². The van der Waals surface area contributed by atoms with Gasteiger partial charge in [0.25, 0.3) is 0 Å². The molecule has 4 nitrogen and oxygen atoms in total. The molecule has 0 unspecified atom stereocenters. The lowest BCUT2D eigenvalue weighted by atomic mass is 10.6. The Morgan fingerprint density at radius 3 is 1.38 bits per heavy atom. The van der Waals surface area contributed by atoms with Crippen molar-refractivity contribution in [3.05, 3.63) is 10.4 Å². The van der Waals surface area contributed by atoms with E-state index in [-0.39, 0.29) is 0 Å². The van der Waals surface area contributed by atoms with Gasteiger partial charge >= 0.3 is 0 Å². The molecule has 4 heteroatoms. The second-order valence-electron chi connectivity index (χ2n) is 1.72. The summed E-state index contributed by atoms with van der Waals surface area (Å²) in [7, 11) is 2.64. The molecule has 0 aromatic carbocycles. The molecule has 8 heavy (non-hydrogen) atoms. The summed E-state index contributed by atoms with van der Waals surface area (Å²) in [4.78, 5) is 0. The zero-order valence-electron chi connectivity index (χ0n) is 5.29. The molecule has 0 radical (unpaired) electrons. The molecule has 0 aromatic heterocycles. The van der Waals surface area contributed by atoms with Gasteiger partial charge in [0.15, 0.2) is 0 Å². The zero-order valence-corrected chi connectivity index (χ0v) is 5.29. The van der Waals surface area contributed by atoms with Crippen molar-refractivity contribution < 1.29 is 0 Å². The lowest BCUT2D eigenvalue weighted by Gasteiger charge is -2.40. The molecule has 0 aliphatic heterocycles. The van der Waals surface area contributed by atoms with Crippen LogP contribution in [0.4, 0.5) is 0 Å². The highest BCUT2D eigenvalue weighted by Crippen LogP contribution is 1.94. The Balaban J connectivity index is 3.46. The van der Waals surface area contributed by atoms with E-state index in [0.717, 1.165) is 0 Å². The molecule has 50 valence electrons. The standard InChI is InChI=1S/C4H10N2O2/c1-4(5(2)7)6(3)8/h4H,1-3H3/q-2. The van der Waals surface area contributed by atoms with Crippen LogP contribution in [0.15, 0.2) is 0 Å². The predicted molar refractivity (Wildman–Crippen MR) is 31.7 cm³/mol. The summed E-state index contributed by atoms with van der Waals surface area (Å²) in [5.41, 5.74) is 0. The molecule has 0 saturated heterocycles. The molecule has 0 atom stereocenters. The second-order valence-corrected chi connectivity index (χ2v) is 1.72. The summed E-state index contributed by atoms with van der Waals surface area (Å²) < 4.78 is 0. The SMILES string of the molecule is CC(N(C)[O-])N(C)[O-]. The first-order valence-corrected chi connectivity index (χ1v) is 2.35. The monoisotopic (exact) mass is 118 g/mol. The minimum Gasteiger partial charge on any atom is -0.784 e. The number of hydroxylamine groups is 4. The van der Waals surface area contributed by atoms with E-state index in [2.05, 4.69) is 0 Å². The fourth-order valence-electron chi connectivity index (χ4n) is 0.229. The largest absolute Gasteiger partial charge is 0.784 e. The van der Waals surface area contributed by atoms with Crippen LogP contribution in [-0.4, -0.2) is 30.4 Å². The smallest absolute Gasteiger partial charge is 0.0359 e. The van der Waals surface area contributed by atoms with E-state index in [1.165, 1.54) is 14.1 Å². The van der Waals surface area contributed by atoms with Crippen LogP contribution in [0.5, 0.6) is 0 Å². The van der Waals surface area contributed by atoms with Crippen LogP contribution < -0.4 is 0 Å². The first-order chi connectivity index (χ1) is 3.55. The van der Waals surface area contributed by atoms with Gasteiger partial charge < -0.3 is 20.5 Å². The van der Waals surface area contributed by atoms with E-state index >= 15 is 0 Å². The van der Waals surface area contributed by atoms with Gasteiger partial charge in [0.05, 0.1) is 0 Å². The molecule has 0 bridgehead atoms. The number of rotatable bonds is 2. The van der Waals surface area contributed by atoms with Gasteiger partial charge in [0.2, 0.25) is 0 Å². The van der Waals surface area contributed by atoms with E-state index in [1.807, 2.05) is 0 Å². The third kappa shape index (κ3) is 2.23. The summed E-state index contributed by atoms with van der Waals surface area (Å²) in [5, 5.41) is 21.7. The Bertz CT molecular complexity index is 57.1. The highest BCUT2D eigenvalue weighted by Gasteiger charge is 1.94. The quantitative estimate of drug-likeness (QED) is 0.383. The highest BCUT2D eigenvalue weighted by molar-refractivity contribution is 4.61. The van der Waals surface area contributed by atoms with E-state index in [1.54, 1.807) is 6.92 Å². The minimum atomic E-state index is -0.574. The van der Waals surface area contributed by atoms with Crippen LogP contribution in [0.25, 0.3) is 0 Å². The molecular weight excluding hydrogens is 108 g/mol. The fourth-order valence-corrected chi connectivity index (χ4v) is 0.229. The molecule has 0 aliphatic rings. The Morgan fingerprint density at radius 1 is 1.12 bits per heavy atom. The maximum atomic E-state index is 10.3. The Kier molecular flexibility index (Phi) is 2.93. The minimum absolute atomic E-state index is 0.574. The molecule has 0 N–H and O–H groups in total. The number of hydrogen-bond donors (Lipinski definition) is 0. The lowest BCUT2D eigenvalue weighted by molar-refractivity contribution is 0.189. The average Bonchev–Trinajstić information content (AvgIpc) is 1.64. The molecule has 0 rings (SSSR count). The van der Waals surface area contributed by atoms with Gasteiger partial charge in [-0.25, -0.2) is 0 Å². The van der Waals surface area contributed by atoms with E-state index < -0.39 is 6.17 Å². The van der Waals surface area contributed by atoms with Gasteiger partial charge in [-0.3, -0.25) is 0 Å². The second kappa shape index (κ2) is 2.99. The predicted octanol–water partition coefficient (Wildman–Crippen LogP) is 0.192. The molecule has 0 amide bonds. The molecule has 0 fully saturated rings. The maximum Gasteiger partial charge on any atom is 0.0359 e. The van der Waals surface area contributed by atoms with Crippen molar-refractivity contribution in [2.24, 2.45) is 0 Å². The van der Waals surface area contributed by atoms with E-state index in [0.29, 0.717) is 10.1 Å². The molecular formula is C4H10N2O2-2. The van der Waals surface area contributed by atoms with Crippen molar-refractivity contribution in [2.45, 2.75) is 13.1 Å². The van der Waals surface area contributed by atoms with Crippen molar-refractivity contribution in [1.82, 2.24) is 10.1 Å². The first kappa shape index (κ1) is 7.84. The summed E-state index contributed by atoms with van der Waals surface area (Å²) in [6, 6.07) is 0. The van der Waals surface area contributed by atoms with Crippen LogP contribution in [0.1, 0.15) is 6.92 Å². The number of hydrogen-bond acceptors (Lipinski definition) is 4. The fraction of sp³-hybridized carbons (Fsp3) is 1.00.